The molecule has 1 aromatic rings. The number of amides is 1. The van der Waals surface area contributed by atoms with Crippen LogP contribution in [0.25, 0.3) is 0 Å². The molecule has 21 heavy (non-hydrogen) atoms. The van der Waals surface area contributed by atoms with Crippen molar-refractivity contribution < 1.29 is 14.3 Å². The molecule has 1 amide bonds. The SMILES string of the molecule is COC(=O)C1CCCN1C(=O)Cc1c(Cl)cc(Cl)cc1Cl. The third-order valence-electron chi connectivity index (χ3n) is 3.48. The van der Waals surface area contributed by atoms with E-state index in [1.165, 1.54) is 12.0 Å². The maximum absolute atomic E-state index is 12.4. The number of hydrogen-bond acceptors (Lipinski definition) is 3. The second-order valence-electron chi connectivity index (χ2n) is 4.79. The topological polar surface area (TPSA) is 46.6 Å². The number of carbonyl (C=O) groups is 2. The van der Waals surface area contributed by atoms with Crippen molar-refractivity contribution in [1.29, 1.82) is 0 Å². The van der Waals surface area contributed by atoms with Crippen LogP contribution in [0.3, 0.4) is 0 Å². The summed E-state index contributed by atoms with van der Waals surface area (Å²) in [5, 5.41) is 1.10. The van der Waals surface area contributed by atoms with Gasteiger partial charge in [0.1, 0.15) is 6.04 Å². The minimum absolute atomic E-state index is 0.0301. The third-order valence-corrected chi connectivity index (χ3v) is 4.37. The van der Waals surface area contributed by atoms with E-state index in [1.807, 2.05) is 0 Å². The molecule has 114 valence electrons. The minimum Gasteiger partial charge on any atom is -0.467 e. The molecule has 2 rings (SSSR count). The minimum atomic E-state index is -0.521. The number of ether oxygens (including phenoxy) is 1. The van der Waals surface area contributed by atoms with Crippen molar-refractivity contribution in [2.24, 2.45) is 0 Å². The van der Waals surface area contributed by atoms with E-state index in [-0.39, 0.29) is 12.3 Å². The number of halogens is 3. The van der Waals surface area contributed by atoms with Gasteiger partial charge in [0.2, 0.25) is 5.91 Å². The van der Waals surface area contributed by atoms with Crippen LogP contribution >= 0.6 is 34.8 Å². The molecule has 0 N–H and O–H groups in total. The first-order valence-corrected chi connectivity index (χ1v) is 7.58. The fourth-order valence-corrected chi connectivity index (χ4v) is 3.39. The Balaban J connectivity index is 2.17. The molecule has 1 aromatic carbocycles. The summed E-state index contributed by atoms with van der Waals surface area (Å²) in [4.78, 5) is 25.6. The molecular formula is C14H14Cl3NO3. The second-order valence-corrected chi connectivity index (χ2v) is 6.04. The van der Waals surface area contributed by atoms with Gasteiger partial charge in [0.25, 0.3) is 0 Å². The van der Waals surface area contributed by atoms with Crippen LogP contribution in [-0.4, -0.2) is 36.5 Å². The van der Waals surface area contributed by atoms with E-state index >= 15 is 0 Å². The first-order chi connectivity index (χ1) is 9.93. The molecule has 0 bridgehead atoms. The van der Waals surface area contributed by atoms with Gasteiger partial charge in [-0.05, 0) is 30.5 Å². The summed E-state index contributed by atoms with van der Waals surface area (Å²) >= 11 is 18.0. The number of benzene rings is 1. The lowest BCUT2D eigenvalue weighted by molar-refractivity contribution is -0.150. The Morgan fingerprint density at radius 1 is 1.29 bits per heavy atom. The summed E-state index contributed by atoms with van der Waals surface area (Å²) in [6.07, 6.45) is 1.41. The molecule has 4 nitrogen and oxygen atoms in total. The predicted molar refractivity (Wildman–Crippen MR) is 81.9 cm³/mol. The number of rotatable bonds is 3. The average molecular weight is 351 g/mol. The van der Waals surface area contributed by atoms with Gasteiger partial charge in [-0.25, -0.2) is 4.79 Å². The molecule has 1 fully saturated rings. The average Bonchev–Trinajstić information content (AvgIpc) is 2.91. The van der Waals surface area contributed by atoms with Crippen LogP contribution in [0.2, 0.25) is 15.1 Å². The Hall–Kier alpha value is -0.970. The van der Waals surface area contributed by atoms with E-state index in [4.69, 9.17) is 39.5 Å². The number of esters is 1. The molecule has 1 saturated heterocycles. The van der Waals surface area contributed by atoms with Crippen LogP contribution in [0.1, 0.15) is 18.4 Å². The number of hydrogen-bond donors (Lipinski definition) is 0. The maximum atomic E-state index is 12.4. The smallest absolute Gasteiger partial charge is 0.328 e. The summed E-state index contributed by atoms with van der Waals surface area (Å²) < 4.78 is 4.73. The van der Waals surface area contributed by atoms with Crippen molar-refractivity contribution in [3.05, 3.63) is 32.8 Å². The fraction of sp³-hybridized carbons (Fsp3) is 0.429. The summed E-state index contributed by atoms with van der Waals surface area (Å²) in [6.45, 7) is 0.529. The van der Waals surface area contributed by atoms with Gasteiger partial charge >= 0.3 is 5.97 Å². The highest BCUT2D eigenvalue weighted by atomic mass is 35.5. The van der Waals surface area contributed by atoms with E-state index < -0.39 is 12.0 Å². The van der Waals surface area contributed by atoms with Gasteiger partial charge in [-0.3, -0.25) is 4.79 Å². The van der Waals surface area contributed by atoms with Crippen molar-refractivity contribution in [2.75, 3.05) is 13.7 Å². The molecule has 0 spiro atoms. The van der Waals surface area contributed by atoms with E-state index in [9.17, 15) is 9.59 Å². The van der Waals surface area contributed by atoms with Gasteiger partial charge in [0.15, 0.2) is 0 Å². The third kappa shape index (κ3) is 3.62. The van der Waals surface area contributed by atoms with Gasteiger partial charge in [0.05, 0.1) is 13.5 Å². The molecule has 0 aromatic heterocycles. The van der Waals surface area contributed by atoms with Crippen LogP contribution in [0.4, 0.5) is 0 Å². The van der Waals surface area contributed by atoms with Crippen molar-refractivity contribution in [2.45, 2.75) is 25.3 Å². The lowest BCUT2D eigenvalue weighted by atomic mass is 10.1. The normalized spacial score (nSPS) is 17.9. The molecule has 1 unspecified atom stereocenters. The Kier molecular flexibility index (Phi) is 5.36. The Bertz CT molecular complexity index is 554. The van der Waals surface area contributed by atoms with Gasteiger partial charge in [0, 0.05) is 21.6 Å². The van der Waals surface area contributed by atoms with Crippen LogP contribution in [-0.2, 0) is 20.7 Å². The highest BCUT2D eigenvalue weighted by molar-refractivity contribution is 6.39. The molecule has 1 aliphatic rings. The van der Waals surface area contributed by atoms with Gasteiger partial charge < -0.3 is 9.64 Å². The maximum Gasteiger partial charge on any atom is 0.328 e. The Labute approximate surface area is 137 Å². The zero-order valence-electron chi connectivity index (χ0n) is 11.4. The monoisotopic (exact) mass is 349 g/mol. The van der Waals surface area contributed by atoms with E-state index in [0.717, 1.165) is 6.42 Å². The van der Waals surface area contributed by atoms with Crippen LogP contribution in [0.15, 0.2) is 12.1 Å². The number of carbonyl (C=O) groups excluding carboxylic acids is 2. The number of methoxy groups -OCH3 is 1. The number of nitrogens with zero attached hydrogens (tertiary/aromatic N) is 1. The van der Waals surface area contributed by atoms with Crippen molar-refractivity contribution in [3.8, 4) is 0 Å². The van der Waals surface area contributed by atoms with Crippen LogP contribution in [0, 0.1) is 0 Å². The summed E-state index contributed by atoms with van der Waals surface area (Å²) in [5.74, 6) is -0.594. The van der Waals surface area contributed by atoms with Crippen molar-refractivity contribution in [3.63, 3.8) is 0 Å². The second kappa shape index (κ2) is 6.86. The van der Waals surface area contributed by atoms with Crippen molar-refractivity contribution in [1.82, 2.24) is 4.90 Å². The largest absolute Gasteiger partial charge is 0.467 e. The fourth-order valence-electron chi connectivity index (χ4n) is 2.44. The molecule has 1 aliphatic heterocycles. The highest BCUT2D eigenvalue weighted by Gasteiger charge is 2.35. The molecular weight excluding hydrogens is 337 g/mol. The summed E-state index contributed by atoms with van der Waals surface area (Å²) in [5.41, 5.74) is 0.517. The van der Waals surface area contributed by atoms with E-state index in [0.29, 0.717) is 33.6 Å². The van der Waals surface area contributed by atoms with Gasteiger partial charge in [-0.1, -0.05) is 34.8 Å². The lowest BCUT2D eigenvalue weighted by Crippen LogP contribution is -2.41. The summed E-state index contributed by atoms with van der Waals surface area (Å²) in [6, 6.07) is 2.56. The van der Waals surface area contributed by atoms with E-state index in [2.05, 4.69) is 0 Å². The predicted octanol–water partition coefficient (Wildman–Crippen LogP) is 3.35. The summed E-state index contributed by atoms with van der Waals surface area (Å²) in [7, 11) is 1.32. The van der Waals surface area contributed by atoms with Gasteiger partial charge in [-0.15, -0.1) is 0 Å². The first-order valence-electron chi connectivity index (χ1n) is 6.44. The van der Waals surface area contributed by atoms with Crippen LogP contribution in [0.5, 0.6) is 0 Å². The van der Waals surface area contributed by atoms with Crippen molar-refractivity contribution >= 4 is 46.7 Å². The van der Waals surface area contributed by atoms with E-state index in [1.54, 1.807) is 12.1 Å². The molecule has 0 aliphatic carbocycles. The Morgan fingerprint density at radius 3 is 2.48 bits per heavy atom. The zero-order chi connectivity index (χ0) is 15.6. The standard InChI is InChI=1S/C14H14Cl3NO3/c1-21-14(20)12-3-2-4-18(12)13(19)7-9-10(16)5-8(15)6-11(9)17/h5-6,12H,2-4,7H2,1H3. The molecule has 7 heteroatoms. The first kappa shape index (κ1) is 16.4. The molecule has 0 radical (unpaired) electrons. The number of likely N-dealkylation sites (tertiary alicyclic amines) is 1. The lowest BCUT2D eigenvalue weighted by Gasteiger charge is -2.23. The molecule has 1 heterocycles. The zero-order valence-corrected chi connectivity index (χ0v) is 13.6. The van der Waals surface area contributed by atoms with Crippen LogP contribution < -0.4 is 0 Å². The highest BCUT2D eigenvalue weighted by Crippen LogP contribution is 2.30. The molecule has 1 atom stereocenters. The molecule has 0 saturated carbocycles. The quantitative estimate of drug-likeness (QED) is 0.785. The van der Waals surface area contributed by atoms with Gasteiger partial charge in [-0.2, -0.15) is 0 Å². The Morgan fingerprint density at radius 2 is 1.90 bits per heavy atom.